The van der Waals surface area contributed by atoms with Gasteiger partial charge < -0.3 is 10.1 Å². The van der Waals surface area contributed by atoms with Crippen molar-refractivity contribution in [2.24, 2.45) is 5.92 Å². The monoisotopic (exact) mass is 270 g/mol. The van der Waals surface area contributed by atoms with Gasteiger partial charge in [0.05, 0.1) is 7.11 Å². The Hall–Kier alpha value is -0.610. The van der Waals surface area contributed by atoms with E-state index in [2.05, 4.69) is 24.1 Å². The Bertz CT molecular complexity index is 263. The average Bonchev–Trinajstić information content (AvgIpc) is 2.89. The van der Waals surface area contributed by atoms with Crippen molar-refractivity contribution < 1.29 is 9.53 Å². The molecular formula is C15H30N2O2. The molecule has 0 aromatic carbocycles. The summed E-state index contributed by atoms with van der Waals surface area (Å²) in [5, 5.41) is 3.24. The lowest BCUT2D eigenvalue weighted by Crippen LogP contribution is -2.50. The van der Waals surface area contributed by atoms with Crippen LogP contribution in [0.25, 0.3) is 0 Å². The van der Waals surface area contributed by atoms with Gasteiger partial charge in [-0.25, -0.2) is 0 Å². The molecule has 1 aliphatic rings. The van der Waals surface area contributed by atoms with Gasteiger partial charge in [0, 0.05) is 19.1 Å². The minimum absolute atomic E-state index is 0.145. The number of methoxy groups -OCH3 is 1. The maximum Gasteiger partial charge on any atom is 0.324 e. The maximum atomic E-state index is 11.8. The fourth-order valence-corrected chi connectivity index (χ4v) is 2.96. The van der Waals surface area contributed by atoms with Crippen molar-refractivity contribution in [3.05, 3.63) is 0 Å². The molecule has 1 atom stereocenters. The summed E-state index contributed by atoms with van der Waals surface area (Å²) in [7, 11) is 1.47. The number of nitrogens with zero attached hydrogens (tertiary/aromatic N) is 1. The van der Waals surface area contributed by atoms with Gasteiger partial charge in [-0.3, -0.25) is 9.69 Å². The van der Waals surface area contributed by atoms with Crippen LogP contribution in [0.1, 0.15) is 46.5 Å². The van der Waals surface area contributed by atoms with Crippen LogP contribution in [0.3, 0.4) is 0 Å². The lowest BCUT2D eigenvalue weighted by Gasteiger charge is -2.33. The number of hydrogen-bond donors (Lipinski definition) is 1. The predicted octanol–water partition coefficient (Wildman–Crippen LogP) is 2.04. The van der Waals surface area contributed by atoms with Crippen LogP contribution in [0.15, 0.2) is 0 Å². The van der Waals surface area contributed by atoms with E-state index >= 15 is 0 Å². The van der Waals surface area contributed by atoms with Gasteiger partial charge in [-0.05, 0) is 25.3 Å². The summed E-state index contributed by atoms with van der Waals surface area (Å²) in [5.74, 6) is 0.481. The fourth-order valence-electron chi connectivity index (χ4n) is 2.96. The number of hydrogen-bond acceptors (Lipinski definition) is 4. The molecule has 0 amide bonds. The smallest absolute Gasteiger partial charge is 0.324 e. The molecule has 0 radical (unpaired) electrons. The van der Waals surface area contributed by atoms with Gasteiger partial charge in [-0.15, -0.1) is 0 Å². The molecule has 4 nitrogen and oxygen atoms in total. The van der Waals surface area contributed by atoms with Gasteiger partial charge in [0.15, 0.2) is 0 Å². The second-order valence-corrected chi connectivity index (χ2v) is 5.92. The molecule has 0 heterocycles. The number of esters is 1. The van der Waals surface area contributed by atoms with E-state index in [-0.39, 0.29) is 12.0 Å². The topological polar surface area (TPSA) is 41.6 Å². The van der Waals surface area contributed by atoms with E-state index in [9.17, 15) is 4.79 Å². The SMILES string of the molecule is CCNC(CN(CC(C)C)C1CCCC1)C(=O)OC. The molecule has 0 saturated heterocycles. The highest BCUT2D eigenvalue weighted by Crippen LogP contribution is 2.24. The van der Waals surface area contributed by atoms with Crippen LogP contribution in [0.4, 0.5) is 0 Å². The highest BCUT2D eigenvalue weighted by Gasteiger charge is 2.28. The second kappa shape index (κ2) is 8.54. The van der Waals surface area contributed by atoms with Gasteiger partial charge in [0.25, 0.3) is 0 Å². The van der Waals surface area contributed by atoms with Crippen molar-refractivity contribution in [1.29, 1.82) is 0 Å². The Morgan fingerprint density at radius 2 is 1.95 bits per heavy atom. The minimum Gasteiger partial charge on any atom is -0.468 e. The molecule has 1 saturated carbocycles. The molecule has 19 heavy (non-hydrogen) atoms. The van der Waals surface area contributed by atoms with Crippen LogP contribution in [0.2, 0.25) is 0 Å². The number of likely N-dealkylation sites (N-methyl/N-ethyl adjacent to an activating group) is 1. The van der Waals surface area contributed by atoms with Gasteiger partial charge in [0.1, 0.15) is 6.04 Å². The lowest BCUT2D eigenvalue weighted by atomic mass is 10.1. The van der Waals surface area contributed by atoms with E-state index in [1.54, 1.807) is 0 Å². The Balaban J connectivity index is 2.63. The quantitative estimate of drug-likeness (QED) is 0.685. The zero-order chi connectivity index (χ0) is 14.3. The summed E-state index contributed by atoms with van der Waals surface area (Å²) < 4.78 is 4.91. The standard InChI is InChI=1S/C15H30N2O2/c1-5-16-14(15(18)19-4)11-17(10-12(2)3)13-8-6-7-9-13/h12-14,16H,5-11H2,1-4H3. The number of nitrogens with one attached hydrogen (secondary N) is 1. The molecule has 1 unspecified atom stereocenters. The van der Waals surface area contributed by atoms with Gasteiger partial charge in [0.2, 0.25) is 0 Å². The van der Waals surface area contributed by atoms with E-state index in [0.717, 1.165) is 19.6 Å². The predicted molar refractivity (Wildman–Crippen MR) is 78.1 cm³/mol. The molecule has 1 fully saturated rings. The second-order valence-electron chi connectivity index (χ2n) is 5.92. The number of carbonyl (C=O) groups excluding carboxylic acids is 1. The van der Waals surface area contributed by atoms with Crippen LogP contribution in [-0.4, -0.2) is 49.7 Å². The molecule has 0 spiro atoms. The third-order valence-electron chi connectivity index (χ3n) is 3.79. The zero-order valence-electron chi connectivity index (χ0n) is 12.9. The normalized spacial score (nSPS) is 18.2. The summed E-state index contributed by atoms with van der Waals surface area (Å²) in [5.41, 5.74) is 0. The summed E-state index contributed by atoms with van der Waals surface area (Å²) in [4.78, 5) is 14.3. The highest BCUT2D eigenvalue weighted by molar-refractivity contribution is 5.75. The van der Waals surface area contributed by atoms with Crippen molar-refractivity contribution in [3.63, 3.8) is 0 Å². The first-order valence-electron chi connectivity index (χ1n) is 7.63. The molecule has 0 bridgehead atoms. The third-order valence-corrected chi connectivity index (χ3v) is 3.79. The van der Waals surface area contributed by atoms with Gasteiger partial charge in [-0.2, -0.15) is 0 Å². The van der Waals surface area contributed by atoms with E-state index in [0.29, 0.717) is 12.0 Å². The molecule has 0 aromatic rings. The first kappa shape index (κ1) is 16.4. The molecule has 112 valence electrons. The van der Waals surface area contributed by atoms with E-state index < -0.39 is 0 Å². The third kappa shape index (κ3) is 5.49. The van der Waals surface area contributed by atoms with Crippen molar-refractivity contribution in [2.45, 2.75) is 58.5 Å². The van der Waals surface area contributed by atoms with E-state index in [1.165, 1.54) is 32.8 Å². The molecule has 0 aromatic heterocycles. The molecule has 1 aliphatic carbocycles. The van der Waals surface area contributed by atoms with Crippen LogP contribution in [-0.2, 0) is 9.53 Å². The van der Waals surface area contributed by atoms with Crippen molar-refractivity contribution in [1.82, 2.24) is 10.2 Å². The first-order chi connectivity index (χ1) is 9.08. The number of rotatable bonds is 8. The minimum atomic E-state index is -0.200. The lowest BCUT2D eigenvalue weighted by molar-refractivity contribution is -0.143. The van der Waals surface area contributed by atoms with Crippen molar-refractivity contribution in [2.75, 3.05) is 26.7 Å². The summed E-state index contributed by atoms with van der Waals surface area (Å²) in [6.45, 7) is 9.12. The largest absolute Gasteiger partial charge is 0.468 e. The summed E-state index contributed by atoms with van der Waals surface area (Å²) in [6, 6.07) is 0.447. The first-order valence-corrected chi connectivity index (χ1v) is 7.63. The zero-order valence-corrected chi connectivity index (χ0v) is 12.9. The van der Waals surface area contributed by atoms with E-state index in [4.69, 9.17) is 4.74 Å². The molecule has 1 rings (SSSR count). The molecule has 1 N–H and O–H groups in total. The van der Waals surface area contributed by atoms with E-state index in [1.807, 2.05) is 6.92 Å². The number of carbonyl (C=O) groups is 1. The molecule has 4 heteroatoms. The fraction of sp³-hybridized carbons (Fsp3) is 0.933. The molecular weight excluding hydrogens is 240 g/mol. The van der Waals surface area contributed by atoms with Crippen molar-refractivity contribution >= 4 is 5.97 Å². The Kier molecular flexibility index (Phi) is 7.39. The van der Waals surface area contributed by atoms with Gasteiger partial charge >= 0.3 is 5.97 Å². The Morgan fingerprint density at radius 3 is 2.42 bits per heavy atom. The Labute approximate surface area is 117 Å². The van der Waals surface area contributed by atoms with Crippen LogP contribution < -0.4 is 5.32 Å². The van der Waals surface area contributed by atoms with Crippen LogP contribution in [0, 0.1) is 5.92 Å². The van der Waals surface area contributed by atoms with Crippen LogP contribution >= 0.6 is 0 Å². The summed E-state index contributed by atoms with van der Waals surface area (Å²) in [6.07, 6.45) is 5.19. The van der Waals surface area contributed by atoms with Crippen molar-refractivity contribution in [3.8, 4) is 0 Å². The van der Waals surface area contributed by atoms with Gasteiger partial charge in [-0.1, -0.05) is 33.6 Å². The summed E-state index contributed by atoms with van der Waals surface area (Å²) >= 11 is 0. The average molecular weight is 270 g/mol. The van der Waals surface area contributed by atoms with Crippen LogP contribution in [0.5, 0.6) is 0 Å². The maximum absolute atomic E-state index is 11.8. The Morgan fingerprint density at radius 1 is 1.32 bits per heavy atom. The number of ether oxygens (including phenoxy) is 1. The highest BCUT2D eigenvalue weighted by atomic mass is 16.5. The molecule has 0 aliphatic heterocycles.